The fourth-order valence-corrected chi connectivity index (χ4v) is 3.96. The quantitative estimate of drug-likeness (QED) is 0.615. The molecule has 1 aromatic rings. The van der Waals surface area contributed by atoms with E-state index in [2.05, 4.69) is 16.0 Å². The molecule has 0 saturated carbocycles. The number of fused-ring (bicyclic) bond motifs is 1. The van der Waals surface area contributed by atoms with Gasteiger partial charge in [0.05, 0.1) is 6.67 Å². The predicted molar refractivity (Wildman–Crippen MR) is 95.5 cm³/mol. The Labute approximate surface area is 156 Å². The number of carbonyl (C=O) groups excluding carboxylic acids is 3. The fourth-order valence-electron chi connectivity index (χ4n) is 3.96. The first-order chi connectivity index (χ1) is 13.0. The van der Waals surface area contributed by atoms with Gasteiger partial charge in [-0.25, -0.2) is 0 Å². The van der Waals surface area contributed by atoms with Gasteiger partial charge in [0, 0.05) is 50.1 Å². The van der Waals surface area contributed by atoms with Crippen LogP contribution in [0.5, 0.6) is 0 Å². The van der Waals surface area contributed by atoms with Gasteiger partial charge in [0.25, 0.3) is 5.91 Å². The van der Waals surface area contributed by atoms with Crippen molar-refractivity contribution in [3.05, 3.63) is 34.9 Å². The topological polar surface area (TPSA) is 90.5 Å². The maximum Gasteiger partial charge on any atom is 0.255 e. The number of imide groups is 1. The number of alkyl halides is 1. The number of halogens is 1. The van der Waals surface area contributed by atoms with E-state index in [1.54, 1.807) is 11.0 Å². The Balaban J connectivity index is 1.40. The summed E-state index contributed by atoms with van der Waals surface area (Å²) in [4.78, 5) is 37.6. The molecular weight excluding hydrogens is 351 g/mol. The number of hydrogen-bond donors (Lipinski definition) is 3. The molecule has 2 saturated heterocycles. The van der Waals surface area contributed by atoms with Crippen molar-refractivity contribution in [2.24, 2.45) is 5.41 Å². The maximum absolute atomic E-state index is 13.1. The highest BCUT2D eigenvalue weighted by atomic mass is 19.1. The highest BCUT2D eigenvalue weighted by Crippen LogP contribution is 2.28. The summed E-state index contributed by atoms with van der Waals surface area (Å²) in [5.74, 6) is -0.864. The first-order valence-corrected chi connectivity index (χ1v) is 9.25. The van der Waals surface area contributed by atoms with Crippen LogP contribution in [0.4, 0.5) is 4.39 Å². The molecule has 8 heteroatoms. The average molecular weight is 374 g/mol. The van der Waals surface area contributed by atoms with Gasteiger partial charge in [-0.15, -0.1) is 0 Å². The summed E-state index contributed by atoms with van der Waals surface area (Å²) >= 11 is 0. The van der Waals surface area contributed by atoms with Gasteiger partial charge in [-0.3, -0.25) is 24.1 Å². The van der Waals surface area contributed by atoms with E-state index in [9.17, 15) is 18.8 Å². The second kappa shape index (κ2) is 7.01. The number of hydrogen-bond acceptors (Lipinski definition) is 5. The SMILES string of the molecule is O=C1CCC(N2Cc3cc(CNCC4(CF)CNC4)ccc3C2=O)C(=O)N1. The molecule has 0 spiro atoms. The van der Waals surface area contributed by atoms with E-state index in [4.69, 9.17) is 0 Å². The van der Waals surface area contributed by atoms with Crippen molar-refractivity contribution < 1.29 is 18.8 Å². The minimum atomic E-state index is -0.597. The van der Waals surface area contributed by atoms with Gasteiger partial charge in [0.15, 0.2) is 0 Å². The highest BCUT2D eigenvalue weighted by molar-refractivity contribution is 6.05. The third-order valence-electron chi connectivity index (χ3n) is 5.70. The monoisotopic (exact) mass is 374 g/mol. The van der Waals surface area contributed by atoms with Gasteiger partial charge < -0.3 is 15.5 Å². The molecule has 144 valence electrons. The summed E-state index contributed by atoms with van der Waals surface area (Å²) in [6.45, 7) is 2.61. The van der Waals surface area contributed by atoms with Crippen LogP contribution in [0.2, 0.25) is 0 Å². The molecule has 0 aromatic heterocycles. The Morgan fingerprint density at radius 1 is 1.26 bits per heavy atom. The van der Waals surface area contributed by atoms with Crippen LogP contribution in [-0.2, 0) is 22.7 Å². The number of carbonyl (C=O) groups is 3. The molecule has 1 atom stereocenters. The summed E-state index contributed by atoms with van der Waals surface area (Å²) in [6.07, 6.45) is 0.606. The van der Waals surface area contributed by atoms with Crippen LogP contribution in [0.25, 0.3) is 0 Å². The molecule has 7 nitrogen and oxygen atoms in total. The van der Waals surface area contributed by atoms with E-state index in [-0.39, 0.29) is 30.3 Å². The van der Waals surface area contributed by atoms with Gasteiger partial charge in [-0.1, -0.05) is 12.1 Å². The van der Waals surface area contributed by atoms with Gasteiger partial charge >= 0.3 is 0 Å². The number of nitrogens with zero attached hydrogens (tertiary/aromatic N) is 1. The second-order valence-corrected chi connectivity index (χ2v) is 7.73. The Hall–Kier alpha value is -2.32. The second-order valence-electron chi connectivity index (χ2n) is 7.73. The Kier molecular flexibility index (Phi) is 4.69. The lowest BCUT2D eigenvalue weighted by Crippen LogP contribution is -2.59. The number of rotatable bonds is 6. The zero-order chi connectivity index (χ0) is 19.0. The van der Waals surface area contributed by atoms with Crippen LogP contribution in [-0.4, -0.2) is 55.0 Å². The molecule has 0 aliphatic carbocycles. The third-order valence-corrected chi connectivity index (χ3v) is 5.70. The Morgan fingerprint density at radius 3 is 2.74 bits per heavy atom. The van der Waals surface area contributed by atoms with Crippen molar-refractivity contribution >= 4 is 17.7 Å². The van der Waals surface area contributed by atoms with E-state index in [0.29, 0.717) is 44.7 Å². The number of amides is 3. The van der Waals surface area contributed by atoms with Gasteiger partial charge in [-0.05, 0) is 23.6 Å². The van der Waals surface area contributed by atoms with Crippen molar-refractivity contribution in [1.82, 2.24) is 20.9 Å². The van der Waals surface area contributed by atoms with Crippen molar-refractivity contribution in [2.75, 3.05) is 26.3 Å². The third kappa shape index (κ3) is 3.35. The molecular formula is C19H23FN4O3. The largest absolute Gasteiger partial charge is 0.322 e. The first-order valence-electron chi connectivity index (χ1n) is 9.25. The van der Waals surface area contributed by atoms with Crippen molar-refractivity contribution in [2.45, 2.75) is 32.0 Å². The molecule has 0 radical (unpaired) electrons. The number of benzene rings is 1. The van der Waals surface area contributed by atoms with E-state index >= 15 is 0 Å². The fraction of sp³-hybridized carbons (Fsp3) is 0.526. The molecule has 3 aliphatic heterocycles. The van der Waals surface area contributed by atoms with Crippen LogP contribution in [0.1, 0.15) is 34.3 Å². The molecule has 3 heterocycles. The Morgan fingerprint density at radius 2 is 2.07 bits per heavy atom. The minimum Gasteiger partial charge on any atom is -0.322 e. The van der Waals surface area contributed by atoms with E-state index in [1.165, 1.54) is 0 Å². The molecule has 1 unspecified atom stereocenters. The lowest BCUT2D eigenvalue weighted by Gasteiger charge is -2.40. The summed E-state index contributed by atoms with van der Waals surface area (Å²) < 4.78 is 13.1. The molecule has 3 N–H and O–H groups in total. The molecule has 1 aromatic carbocycles. The smallest absolute Gasteiger partial charge is 0.255 e. The van der Waals surface area contributed by atoms with Crippen LogP contribution in [0.3, 0.4) is 0 Å². The van der Waals surface area contributed by atoms with Gasteiger partial charge in [-0.2, -0.15) is 0 Å². The molecule has 4 rings (SSSR count). The van der Waals surface area contributed by atoms with Crippen LogP contribution >= 0.6 is 0 Å². The molecule has 3 amide bonds. The van der Waals surface area contributed by atoms with E-state index in [1.807, 2.05) is 12.1 Å². The molecule has 27 heavy (non-hydrogen) atoms. The average Bonchev–Trinajstić information content (AvgIpc) is 2.93. The van der Waals surface area contributed by atoms with E-state index < -0.39 is 11.9 Å². The number of piperidine rings is 1. The first kappa shape index (κ1) is 18.1. The minimum absolute atomic E-state index is 0.170. The summed E-state index contributed by atoms with van der Waals surface area (Å²) in [7, 11) is 0. The predicted octanol–water partition coefficient (Wildman–Crippen LogP) is 0.0963. The van der Waals surface area contributed by atoms with Crippen LogP contribution in [0, 0.1) is 5.41 Å². The van der Waals surface area contributed by atoms with Gasteiger partial charge in [0.2, 0.25) is 11.8 Å². The normalized spacial score (nSPS) is 23.8. The van der Waals surface area contributed by atoms with Gasteiger partial charge in [0.1, 0.15) is 6.04 Å². The maximum atomic E-state index is 13.1. The van der Waals surface area contributed by atoms with Crippen LogP contribution < -0.4 is 16.0 Å². The summed E-state index contributed by atoms with van der Waals surface area (Å²) in [6, 6.07) is 5.04. The Bertz CT molecular complexity index is 788. The molecule has 3 aliphatic rings. The zero-order valence-electron chi connectivity index (χ0n) is 15.0. The summed E-state index contributed by atoms with van der Waals surface area (Å²) in [5.41, 5.74) is 2.21. The highest BCUT2D eigenvalue weighted by Gasteiger charge is 2.39. The zero-order valence-corrected chi connectivity index (χ0v) is 15.0. The lowest BCUT2D eigenvalue weighted by molar-refractivity contribution is -0.136. The van der Waals surface area contributed by atoms with Crippen LogP contribution in [0.15, 0.2) is 18.2 Å². The standard InChI is InChI=1S/C19H23FN4O3/c20-8-19(10-22-11-19)9-21-6-12-1-2-14-13(5-12)7-24(18(14)27)15-3-4-16(25)23-17(15)26/h1-2,5,15,21-22H,3-4,6-11H2,(H,23,25,26). The lowest BCUT2D eigenvalue weighted by atomic mass is 9.83. The van der Waals surface area contributed by atoms with Crippen molar-refractivity contribution in [3.8, 4) is 0 Å². The van der Waals surface area contributed by atoms with E-state index in [0.717, 1.165) is 11.1 Å². The van der Waals surface area contributed by atoms with Crippen molar-refractivity contribution in [1.29, 1.82) is 0 Å². The molecule has 2 fully saturated rings. The molecule has 0 bridgehead atoms. The summed E-state index contributed by atoms with van der Waals surface area (Å²) in [5, 5.41) is 8.72. The van der Waals surface area contributed by atoms with Crippen molar-refractivity contribution in [3.63, 3.8) is 0 Å². The number of nitrogens with one attached hydrogen (secondary N) is 3.